The van der Waals surface area contributed by atoms with E-state index in [4.69, 9.17) is 16.3 Å². The van der Waals surface area contributed by atoms with Crippen molar-refractivity contribution in [2.45, 2.75) is 52.5 Å². The number of hydrogen-bond acceptors (Lipinski definition) is 3. The van der Waals surface area contributed by atoms with Gasteiger partial charge in [-0.15, -0.1) is 0 Å². The molecule has 1 heterocycles. The Bertz CT molecular complexity index is 700. The highest BCUT2D eigenvalue weighted by molar-refractivity contribution is 6.30. The van der Waals surface area contributed by atoms with Crippen LogP contribution in [0.5, 0.6) is 5.75 Å². The number of guanidine groups is 1. The Labute approximate surface area is 163 Å². The zero-order chi connectivity index (χ0) is 19.6. The van der Waals surface area contributed by atoms with Crippen molar-refractivity contribution < 1.29 is 18.3 Å². The summed E-state index contributed by atoms with van der Waals surface area (Å²) < 4.78 is 35.7. The van der Waals surface area contributed by atoms with Gasteiger partial charge in [0, 0.05) is 41.1 Å². The zero-order valence-electron chi connectivity index (χ0n) is 15.8. The van der Waals surface area contributed by atoms with E-state index in [1.165, 1.54) is 12.1 Å². The summed E-state index contributed by atoms with van der Waals surface area (Å²) >= 11 is 6.01. The van der Waals surface area contributed by atoms with Gasteiger partial charge >= 0.3 is 6.61 Å². The molecule has 1 saturated heterocycles. The van der Waals surface area contributed by atoms with Gasteiger partial charge in [-0.3, -0.25) is 0 Å². The standard InChI is InChI=1S/C19H26ClF2N3O2/c1-4-23-18(25-15-13-7-8-26-16(13)19(15,2)3)24-10-11-9-12(20)5-6-14(11)27-17(21)22/h5-6,9,13,15-17H,4,7-8,10H2,1-3H3,(H2,23,24,25). The molecule has 27 heavy (non-hydrogen) atoms. The summed E-state index contributed by atoms with van der Waals surface area (Å²) in [5.41, 5.74) is 0.520. The smallest absolute Gasteiger partial charge is 0.387 e. The minimum absolute atomic E-state index is 0.0113. The number of nitrogens with one attached hydrogen (secondary N) is 2. The van der Waals surface area contributed by atoms with Crippen molar-refractivity contribution in [2.24, 2.45) is 16.3 Å². The lowest BCUT2D eigenvalue weighted by Gasteiger charge is -2.54. The highest BCUT2D eigenvalue weighted by Gasteiger charge is 2.59. The van der Waals surface area contributed by atoms with E-state index < -0.39 is 6.61 Å². The second-order valence-corrected chi connectivity index (χ2v) is 7.95. The molecule has 1 saturated carbocycles. The van der Waals surface area contributed by atoms with Crippen LogP contribution in [0, 0.1) is 11.3 Å². The predicted octanol–water partition coefficient (Wildman–Crippen LogP) is 3.81. The topological polar surface area (TPSA) is 54.9 Å². The van der Waals surface area contributed by atoms with E-state index in [1.54, 1.807) is 6.07 Å². The van der Waals surface area contributed by atoms with Gasteiger partial charge in [0.05, 0.1) is 12.6 Å². The number of halogens is 3. The minimum Gasteiger partial charge on any atom is -0.434 e. The quantitative estimate of drug-likeness (QED) is 0.562. The predicted molar refractivity (Wildman–Crippen MR) is 101 cm³/mol. The molecule has 8 heteroatoms. The third-order valence-corrected chi connectivity index (χ3v) is 5.62. The fourth-order valence-electron chi connectivity index (χ4n) is 4.13. The third kappa shape index (κ3) is 4.29. The zero-order valence-corrected chi connectivity index (χ0v) is 16.5. The lowest BCUT2D eigenvalue weighted by molar-refractivity contribution is -0.106. The first kappa shape index (κ1) is 20.1. The average molecular weight is 402 g/mol. The van der Waals surface area contributed by atoms with Crippen LogP contribution >= 0.6 is 11.6 Å². The van der Waals surface area contributed by atoms with E-state index in [9.17, 15) is 8.78 Å². The molecule has 0 spiro atoms. The van der Waals surface area contributed by atoms with Gasteiger partial charge in [-0.2, -0.15) is 8.78 Å². The Morgan fingerprint density at radius 2 is 2.22 bits per heavy atom. The number of hydrogen-bond donors (Lipinski definition) is 2. The first-order valence-corrected chi connectivity index (χ1v) is 9.60. The lowest BCUT2D eigenvalue weighted by atomic mass is 9.57. The second-order valence-electron chi connectivity index (χ2n) is 7.51. The molecule has 0 bridgehead atoms. The molecule has 2 N–H and O–H groups in total. The van der Waals surface area contributed by atoms with E-state index in [0.29, 0.717) is 29.0 Å². The molecule has 3 unspecified atom stereocenters. The van der Waals surface area contributed by atoms with Gasteiger partial charge in [-0.25, -0.2) is 4.99 Å². The SMILES string of the molecule is CCNC(=NCc1cc(Cl)ccc1OC(F)F)NC1C2CCOC2C1(C)C. The molecule has 150 valence electrons. The van der Waals surface area contributed by atoms with Gasteiger partial charge in [0.2, 0.25) is 0 Å². The summed E-state index contributed by atoms with van der Waals surface area (Å²) in [5, 5.41) is 7.17. The van der Waals surface area contributed by atoms with Gasteiger partial charge in [0.25, 0.3) is 0 Å². The molecule has 2 fully saturated rings. The molecule has 5 nitrogen and oxygen atoms in total. The number of nitrogens with zero attached hydrogens (tertiary/aromatic N) is 1. The highest BCUT2D eigenvalue weighted by atomic mass is 35.5. The van der Waals surface area contributed by atoms with Gasteiger partial charge in [0.15, 0.2) is 5.96 Å². The number of alkyl halides is 2. The summed E-state index contributed by atoms with van der Waals surface area (Å²) in [4.78, 5) is 4.56. The Balaban J connectivity index is 1.74. The van der Waals surface area contributed by atoms with Crippen LogP contribution < -0.4 is 15.4 Å². The molecule has 2 aliphatic rings. The van der Waals surface area contributed by atoms with Crippen LogP contribution in [-0.4, -0.2) is 37.9 Å². The first-order valence-electron chi connectivity index (χ1n) is 9.22. The summed E-state index contributed by atoms with van der Waals surface area (Å²) in [6, 6.07) is 4.81. The maximum absolute atomic E-state index is 12.6. The van der Waals surface area contributed by atoms with E-state index in [1.807, 2.05) is 6.92 Å². The van der Waals surface area contributed by atoms with Crippen LogP contribution in [0.3, 0.4) is 0 Å². The fourth-order valence-corrected chi connectivity index (χ4v) is 4.33. The molecule has 0 radical (unpaired) electrons. The third-order valence-electron chi connectivity index (χ3n) is 5.38. The molecular weight excluding hydrogens is 376 g/mol. The number of rotatable bonds is 6. The molecule has 1 aromatic carbocycles. The molecule has 1 aromatic rings. The van der Waals surface area contributed by atoms with Gasteiger partial charge in [-0.1, -0.05) is 25.4 Å². The Morgan fingerprint density at radius 1 is 1.44 bits per heavy atom. The number of aliphatic imine (C=N–C) groups is 1. The first-order chi connectivity index (χ1) is 12.8. The van der Waals surface area contributed by atoms with E-state index in [-0.39, 0.29) is 29.9 Å². The number of fused-ring (bicyclic) bond motifs is 1. The Kier molecular flexibility index (Phi) is 6.11. The summed E-state index contributed by atoms with van der Waals surface area (Å²) in [6.45, 7) is 5.13. The molecule has 1 aliphatic carbocycles. The molecule has 1 aliphatic heterocycles. The van der Waals surface area contributed by atoms with Crippen molar-refractivity contribution in [3.05, 3.63) is 28.8 Å². The molecule has 0 amide bonds. The van der Waals surface area contributed by atoms with Gasteiger partial charge < -0.3 is 20.1 Å². The van der Waals surface area contributed by atoms with Crippen LogP contribution in [0.25, 0.3) is 0 Å². The summed E-state index contributed by atoms with van der Waals surface area (Å²) in [6.07, 6.45) is 1.31. The maximum Gasteiger partial charge on any atom is 0.387 e. The lowest BCUT2D eigenvalue weighted by Crippen LogP contribution is -2.67. The summed E-state index contributed by atoms with van der Waals surface area (Å²) in [5.74, 6) is 1.19. The second kappa shape index (κ2) is 8.19. The molecule has 0 aromatic heterocycles. The minimum atomic E-state index is -2.89. The Hall–Kier alpha value is -1.60. The van der Waals surface area contributed by atoms with Crippen molar-refractivity contribution in [1.29, 1.82) is 0 Å². The van der Waals surface area contributed by atoms with Crippen molar-refractivity contribution in [3.8, 4) is 5.75 Å². The molecule has 3 rings (SSSR count). The van der Waals surface area contributed by atoms with Crippen molar-refractivity contribution in [1.82, 2.24) is 10.6 Å². The average Bonchev–Trinajstić information content (AvgIpc) is 3.06. The van der Waals surface area contributed by atoms with Crippen LogP contribution in [0.4, 0.5) is 8.78 Å². The summed E-state index contributed by atoms with van der Waals surface area (Å²) in [7, 11) is 0. The number of ether oxygens (including phenoxy) is 2. The number of benzene rings is 1. The largest absolute Gasteiger partial charge is 0.434 e. The molecular formula is C19H26ClF2N3O2. The van der Waals surface area contributed by atoms with Crippen LogP contribution in [0.15, 0.2) is 23.2 Å². The van der Waals surface area contributed by atoms with Crippen LogP contribution in [0.2, 0.25) is 5.02 Å². The van der Waals surface area contributed by atoms with E-state index in [2.05, 4.69) is 34.2 Å². The van der Waals surface area contributed by atoms with Crippen molar-refractivity contribution in [3.63, 3.8) is 0 Å². The van der Waals surface area contributed by atoms with Crippen LogP contribution in [0.1, 0.15) is 32.8 Å². The van der Waals surface area contributed by atoms with Crippen LogP contribution in [-0.2, 0) is 11.3 Å². The van der Waals surface area contributed by atoms with Gasteiger partial charge in [-0.05, 0) is 31.5 Å². The Morgan fingerprint density at radius 3 is 2.93 bits per heavy atom. The van der Waals surface area contributed by atoms with E-state index >= 15 is 0 Å². The van der Waals surface area contributed by atoms with E-state index in [0.717, 1.165) is 13.0 Å². The maximum atomic E-state index is 12.6. The van der Waals surface area contributed by atoms with Crippen molar-refractivity contribution in [2.75, 3.05) is 13.2 Å². The van der Waals surface area contributed by atoms with Gasteiger partial charge in [0.1, 0.15) is 5.75 Å². The normalized spacial score (nSPS) is 26.5. The van der Waals surface area contributed by atoms with Crippen molar-refractivity contribution >= 4 is 17.6 Å². The monoisotopic (exact) mass is 401 g/mol. The highest BCUT2D eigenvalue weighted by Crippen LogP contribution is 2.52. The molecule has 3 atom stereocenters. The fraction of sp³-hybridized carbons (Fsp3) is 0.632.